The molecule has 0 radical (unpaired) electrons. The minimum Gasteiger partial charge on any atom is -0.273 e. The van der Waals surface area contributed by atoms with Crippen LogP contribution in [0.3, 0.4) is 0 Å². The highest BCUT2D eigenvalue weighted by Gasteiger charge is 2.45. The van der Waals surface area contributed by atoms with Gasteiger partial charge >= 0.3 is 0 Å². The third kappa shape index (κ3) is 3.33. The van der Waals surface area contributed by atoms with E-state index in [4.69, 9.17) is 0 Å². The topological polar surface area (TPSA) is 32.7 Å². The maximum atomic E-state index is 13.8. The molecule has 2 saturated carbocycles. The molecule has 1 atom stereocenters. The van der Waals surface area contributed by atoms with Crippen LogP contribution in [0.1, 0.15) is 64.7 Å². The zero-order valence-electron chi connectivity index (χ0n) is 13.4. The maximum Gasteiger partial charge on any atom is 0.252 e. The van der Waals surface area contributed by atoms with Gasteiger partial charge < -0.3 is 0 Å². The van der Waals surface area contributed by atoms with E-state index in [-0.39, 0.29) is 18.9 Å². The lowest BCUT2D eigenvalue weighted by molar-refractivity contribution is -0.134. The standard InChI is InChI=1S/C17H26F2N2O/c1-12-4-6-13(7-5-12)15-8-9-16(22)21(20-15)11-14-3-2-10-17(14,18)19/h12-14H,2-11H2,1H3. The van der Waals surface area contributed by atoms with Crippen molar-refractivity contribution in [3.63, 3.8) is 0 Å². The van der Waals surface area contributed by atoms with Crippen LogP contribution in [0.25, 0.3) is 0 Å². The van der Waals surface area contributed by atoms with E-state index < -0.39 is 11.8 Å². The average Bonchev–Trinajstić information content (AvgIpc) is 2.81. The van der Waals surface area contributed by atoms with Crippen molar-refractivity contribution in [2.75, 3.05) is 6.54 Å². The SMILES string of the molecule is CC1CCC(C2=NN(CC3CCCC3(F)F)C(=O)CC2)CC1. The fraction of sp³-hybridized carbons (Fsp3) is 0.882. The van der Waals surface area contributed by atoms with Gasteiger partial charge in [0.1, 0.15) is 0 Å². The first-order chi connectivity index (χ1) is 10.5. The molecule has 3 aliphatic rings. The molecule has 124 valence electrons. The molecular weight excluding hydrogens is 286 g/mol. The van der Waals surface area contributed by atoms with Crippen molar-refractivity contribution in [1.29, 1.82) is 0 Å². The van der Waals surface area contributed by atoms with Gasteiger partial charge in [-0.3, -0.25) is 4.79 Å². The predicted molar refractivity (Wildman–Crippen MR) is 81.8 cm³/mol. The molecule has 2 fully saturated rings. The zero-order chi connectivity index (χ0) is 15.7. The predicted octanol–water partition coefficient (Wildman–Crippen LogP) is 4.23. The number of carbonyl (C=O) groups excluding carboxylic acids is 1. The molecule has 0 aromatic rings. The van der Waals surface area contributed by atoms with Crippen molar-refractivity contribution < 1.29 is 13.6 Å². The second-order valence-electron chi connectivity index (χ2n) is 7.37. The first-order valence-electron chi connectivity index (χ1n) is 8.71. The van der Waals surface area contributed by atoms with Gasteiger partial charge in [0.05, 0.1) is 6.54 Å². The molecule has 22 heavy (non-hydrogen) atoms. The fourth-order valence-corrected chi connectivity index (χ4v) is 4.08. The summed E-state index contributed by atoms with van der Waals surface area (Å²) in [5.74, 6) is -2.21. The first kappa shape index (κ1) is 15.9. The molecule has 0 aromatic heterocycles. The minimum atomic E-state index is -2.63. The summed E-state index contributed by atoms with van der Waals surface area (Å²) in [5.41, 5.74) is 1.08. The van der Waals surface area contributed by atoms with Crippen molar-refractivity contribution in [1.82, 2.24) is 5.01 Å². The largest absolute Gasteiger partial charge is 0.273 e. The van der Waals surface area contributed by atoms with Gasteiger partial charge in [0.25, 0.3) is 5.92 Å². The lowest BCUT2D eigenvalue weighted by Gasteiger charge is -2.33. The van der Waals surface area contributed by atoms with E-state index >= 15 is 0 Å². The van der Waals surface area contributed by atoms with Crippen molar-refractivity contribution in [3.05, 3.63) is 0 Å². The van der Waals surface area contributed by atoms with Gasteiger partial charge in [-0.05, 0) is 43.9 Å². The van der Waals surface area contributed by atoms with Gasteiger partial charge in [-0.25, -0.2) is 13.8 Å². The number of alkyl halides is 2. The Labute approximate surface area is 131 Å². The summed E-state index contributed by atoms with van der Waals surface area (Å²) in [6, 6.07) is 0. The van der Waals surface area contributed by atoms with Gasteiger partial charge in [-0.15, -0.1) is 0 Å². The molecule has 0 saturated heterocycles. The molecule has 0 aromatic carbocycles. The van der Waals surface area contributed by atoms with Gasteiger partial charge in [0.15, 0.2) is 0 Å². The van der Waals surface area contributed by atoms with Crippen molar-refractivity contribution in [2.24, 2.45) is 22.9 Å². The molecular formula is C17H26F2N2O. The Morgan fingerprint density at radius 2 is 1.91 bits per heavy atom. The Morgan fingerprint density at radius 3 is 2.55 bits per heavy atom. The Balaban J connectivity index is 1.67. The first-order valence-corrected chi connectivity index (χ1v) is 8.71. The van der Waals surface area contributed by atoms with Crippen LogP contribution in [0.2, 0.25) is 0 Å². The number of nitrogens with zero attached hydrogens (tertiary/aromatic N) is 2. The summed E-state index contributed by atoms with van der Waals surface area (Å²) < 4.78 is 27.6. The number of hydrogen-bond donors (Lipinski definition) is 0. The molecule has 0 bridgehead atoms. The molecule has 1 heterocycles. The molecule has 1 amide bonds. The van der Waals surface area contributed by atoms with Crippen LogP contribution in [-0.4, -0.2) is 29.1 Å². The fourth-order valence-electron chi connectivity index (χ4n) is 4.08. The number of halogens is 2. The Morgan fingerprint density at radius 1 is 1.18 bits per heavy atom. The summed E-state index contributed by atoms with van der Waals surface area (Å²) in [6.07, 6.45) is 6.83. The molecule has 1 unspecified atom stereocenters. The third-order valence-corrected chi connectivity index (χ3v) is 5.67. The summed E-state index contributed by atoms with van der Waals surface area (Å²) in [6.45, 7) is 2.37. The summed E-state index contributed by atoms with van der Waals surface area (Å²) in [7, 11) is 0. The van der Waals surface area contributed by atoms with Crippen molar-refractivity contribution in [3.8, 4) is 0 Å². The quantitative estimate of drug-likeness (QED) is 0.767. The lowest BCUT2D eigenvalue weighted by Crippen LogP contribution is -2.40. The average molecular weight is 312 g/mol. The van der Waals surface area contributed by atoms with Crippen LogP contribution in [0, 0.1) is 17.8 Å². The molecule has 3 nitrogen and oxygen atoms in total. The van der Waals surface area contributed by atoms with E-state index in [1.165, 1.54) is 17.9 Å². The van der Waals surface area contributed by atoms with E-state index in [1.807, 2.05) is 0 Å². The van der Waals surface area contributed by atoms with E-state index in [2.05, 4.69) is 12.0 Å². The Hall–Kier alpha value is -1.00. The zero-order valence-corrected chi connectivity index (χ0v) is 13.4. The summed E-state index contributed by atoms with van der Waals surface area (Å²) >= 11 is 0. The highest BCUT2D eigenvalue weighted by molar-refractivity contribution is 5.94. The smallest absolute Gasteiger partial charge is 0.252 e. The van der Waals surface area contributed by atoms with Gasteiger partial charge in [-0.2, -0.15) is 5.10 Å². The number of hydrazone groups is 1. The van der Waals surface area contributed by atoms with Gasteiger partial charge in [-0.1, -0.05) is 19.8 Å². The highest BCUT2D eigenvalue weighted by atomic mass is 19.3. The second-order valence-corrected chi connectivity index (χ2v) is 7.37. The third-order valence-electron chi connectivity index (χ3n) is 5.67. The minimum absolute atomic E-state index is 0.0449. The van der Waals surface area contributed by atoms with E-state index in [0.29, 0.717) is 25.2 Å². The summed E-state index contributed by atoms with van der Waals surface area (Å²) in [5, 5.41) is 5.87. The van der Waals surface area contributed by atoms with Crippen LogP contribution in [0.5, 0.6) is 0 Å². The molecule has 2 aliphatic carbocycles. The Kier molecular flexibility index (Phi) is 4.51. The number of hydrogen-bond acceptors (Lipinski definition) is 2. The molecule has 3 rings (SSSR count). The van der Waals surface area contributed by atoms with E-state index in [0.717, 1.165) is 30.9 Å². The normalized spacial score (nSPS) is 35.6. The molecule has 0 spiro atoms. The Bertz CT molecular complexity index is 456. The van der Waals surface area contributed by atoms with Gasteiger partial charge in [0, 0.05) is 24.5 Å². The summed E-state index contributed by atoms with van der Waals surface area (Å²) in [4.78, 5) is 12.0. The van der Waals surface area contributed by atoms with Gasteiger partial charge in [0.2, 0.25) is 5.91 Å². The number of carbonyl (C=O) groups is 1. The van der Waals surface area contributed by atoms with Crippen LogP contribution < -0.4 is 0 Å². The van der Waals surface area contributed by atoms with Crippen molar-refractivity contribution in [2.45, 2.75) is 70.6 Å². The molecule has 5 heteroatoms. The number of amides is 1. The van der Waals surface area contributed by atoms with E-state index in [9.17, 15) is 13.6 Å². The van der Waals surface area contributed by atoms with Crippen LogP contribution in [0.15, 0.2) is 5.10 Å². The second kappa shape index (κ2) is 6.25. The highest BCUT2D eigenvalue weighted by Crippen LogP contribution is 2.41. The molecule has 1 aliphatic heterocycles. The van der Waals surface area contributed by atoms with Crippen LogP contribution in [0.4, 0.5) is 8.78 Å². The maximum absolute atomic E-state index is 13.8. The molecule has 0 N–H and O–H groups in total. The number of rotatable bonds is 3. The van der Waals surface area contributed by atoms with Crippen molar-refractivity contribution >= 4 is 11.6 Å². The monoisotopic (exact) mass is 312 g/mol. The van der Waals surface area contributed by atoms with Crippen LogP contribution >= 0.6 is 0 Å². The lowest BCUT2D eigenvalue weighted by atomic mass is 9.79. The van der Waals surface area contributed by atoms with E-state index in [1.54, 1.807) is 0 Å². The van der Waals surface area contributed by atoms with Crippen LogP contribution in [-0.2, 0) is 4.79 Å².